The van der Waals surface area contributed by atoms with Gasteiger partial charge in [0.2, 0.25) is 0 Å². The molecule has 1 fully saturated rings. The van der Waals surface area contributed by atoms with E-state index in [9.17, 15) is 5.11 Å². The Morgan fingerprint density at radius 1 is 1.45 bits per heavy atom. The van der Waals surface area contributed by atoms with Crippen LogP contribution in [-0.2, 0) is 14.2 Å². The van der Waals surface area contributed by atoms with E-state index >= 15 is 0 Å². The maximum Gasteiger partial charge on any atom is 0.0897 e. The fourth-order valence-electron chi connectivity index (χ4n) is 2.21. The highest BCUT2D eigenvalue weighted by Crippen LogP contribution is 2.18. The van der Waals surface area contributed by atoms with Crippen LogP contribution in [0.5, 0.6) is 0 Å². The van der Waals surface area contributed by atoms with Gasteiger partial charge in [0.05, 0.1) is 25.4 Å². The smallest absolute Gasteiger partial charge is 0.0897 e. The Labute approximate surface area is 123 Å². The maximum atomic E-state index is 9.84. The number of aliphatic hydroxyl groups is 1. The van der Waals surface area contributed by atoms with Crippen molar-refractivity contribution in [1.82, 2.24) is 5.32 Å². The number of hydrogen-bond acceptors (Lipinski definition) is 5. The third-order valence-electron chi connectivity index (χ3n) is 3.60. The van der Waals surface area contributed by atoms with Crippen molar-refractivity contribution in [3.05, 3.63) is 0 Å². The van der Waals surface area contributed by atoms with E-state index in [0.717, 1.165) is 39.0 Å². The van der Waals surface area contributed by atoms with Crippen LogP contribution in [0.4, 0.5) is 0 Å². The minimum Gasteiger partial charge on any atom is -0.389 e. The molecule has 1 aliphatic rings. The van der Waals surface area contributed by atoms with Crippen LogP contribution < -0.4 is 5.32 Å². The van der Waals surface area contributed by atoms with Gasteiger partial charge in [-0.05, 0) is 24.7 Å². The molecule has 1 rings (SSSR count). The summed E-state index contributed by atoms with van der Waals surface area (Å²) < 4.78 is 16.1. The van der Waals surface area contributed by atoms with E-state index in [2.05, 4.69) is 19.2 Å². The first-order chi connectivity index (χ1) is 9.53. The monoisotopic (exact) mass is 289 g/mol. The number of nitrogens with one attached hydrogen (secondary N) is 1. The molecule has 0 aromatic heterocycles. The van der Waals surface area contributed by atoms with Crippen LogP contribution in [0.25, 0.3) is 0 Å². The lowest BCUT2D eigenvalue weighted by Crippen LogP contribution is -2.37. The topological polar surface area (TPSA) is 60.0 Å². The standard InChI is InChI=1S/C15H31NO4/c1-15(2,6-8-18-3)12-16-9-13(17)10-19-11-14-5-4-7-20-14/h13-14,16-17H,4-12H2,1-3H3. The molecule has 20 heavy (non-hydrogen) atoms. The largest absolute Gasteiger partial charge is 0.389 e. The van der Waals surface area contributed by atoms with Crippen molar-refractivity contribution in [2.45, 2.75) is 45.3 Å². The Hall–Kier alpha value is -0.200. The molecule has 5 nitrogen and oxygen atoms in total. The van der Waals surface area contributed by atoms with Gasteiger partial charge in [0, 0.05) is 33.4 Å². The second kappa shape index (κ2) is 9.68. The molecule has 5 heteroatoms. The van der Waals surface area contributed by atoms with E-state index in [0.29, 0.717) is 19.8 Å². The minimum absolute atomic E-state index is 0.175. The summed E-state index contributed by atoms with van der Waals surface area (Å²) in [4.78, 5) is 0. The molecular weight excluding hydrogens is 258 g/mol. The van der Waals surface area contributed by atoms with Gasteiger partial charge >= 0.3 is 0 Å². The SMILES string of the molecule is COCCC(C)(C)CNCC(O)COCC1CCCO1. The second-order valence-electron chi connectivity index (χ2n) is 6.36. The van der Waals surface area contributed by atoms with Crippen molar-refractivity contribution in [2.24, 2.45) is 5.41 Å². The van der Waals surface area contributed by atoms with Crippen LogP contribution in [0, 0.1) is 5.41 Å². The molecule has 0 aromatic carbocycles. The molecule has 2 N–H and O–H groups in total. The van der Waals surface area contributed by atoms with E-state index in [1.165, 1.54) is 0 Å². The number of methoxy groups -OCH3 is 1. The lowest BCUT2D eigenvalue weighted by molar-refractivity contribution is -0.0168. The highest BCUT2D eigenvalue weighted by atomic mass is 16.5. The van der Waals surface area contributed by atoms with E-state index in [1.807, 2.05) is 0 Å². The van der Waals surface area contributed by atoms with Crippen molar-refractivity contribution < 1.29 is 19.3 Å². The van der Waals surface area contributed by atoms with Crippen LogP contribution in [0.2, 0.25) is 0 Å². The molecule has 1 aliphatic heterocycles. The molecule has 120 valence electrons. The van der Waals surface area contributed by atoms with Gasteiger partial charge in [0.25, 0.3) is 0 Å². The molecule has 1 saturated heterocycles. The Balaban J connectivity index is 1.99. The summed E-state index contributed by atoms with van der Waals surface area (Å²) in [5.41, 5.74) is 0.175. The number of hydrogen-bond donors (Lipinski definition) is 2. The van der Waals surface area contributed by atoms with Crippen molar-refractivity contribution in [3.8, 4) is 0 Å². The molecule has 0 spiro atoms. The molecule has 0 aromatic rings. The van der Waals surface area contributed by atoms with Crippen molar-refractivity contribution >= 4 is 0 Å². The number of aliphatic hydroxyl groups excluding tert-OH is 1. The fourth-order valence-corrected chi connectivity index (χ4v) is 2.21. The first kappa shape index (κ1) is 17.9. The highest BCUT2D eigenvalue weighted by molar-refractivity contribution is 4.72. The first-order valence-corrected chi connectivity index (χ1v) is 7.60. The average molecular weight is 289 g/mol. The summed E-state index contributed by atoms with van der Waals surface area (Å²) in [6.45, 7) is 8.37. The minimum atomic E-state index is -0.463. The van der Waals surface area contributed by atoms with Gasteiger partial charge in [-0.3, -0.25) is 0 Å². The van der Waals surface area contributed by atoms with Crippen LogP contribution in [0.3, 0.4) is 0 Å². The van der Waals surface area contributed by atoms with Crippen molar-refractivity contribution in [1.29, 1.82) is 0 Å². The maximum absolute atomic E-state index is 9.84. The predicted molar refractivity (Wildman–Crippen MR) is 78.9 cm³/mol. The zero-order valence-corrected chi connectivity index (χ0v) is 13.2. The van der Waals surface area contributed by atoms with Crippen LogP contribution in [0.15, 0.2) is 0 Å². The Morgan fingerprint density at radius 2 is 2.25 bits per heavy atom. The molecule has 0 bridgehead atoms. The van der Waals surface area contributed by atoms with E-state index in [4.69, 9.17) is 14.2 Å². The molecule has 0 saturated carbocycles. The number of ether oxygens (including phenoxy) is 3. The quantitative estimate of drug-likeness (QED) is 0.598. The van der Waals surface area contributed by atoms with Crippen LogP contribution in [-0.4, -0.2) is 63.9 Å². The summed E-state index contributed by atoms with van der Waals surface area (Å²) in [6.07, 6.45) is 2.96. The first-order valence-electron chi connectivity index (χ1n) is 7.60. The van der Waals surface area contributed by atoms with Crippen molar-refractivity contribution in [3.63, 3.8) is 0 Å². The van der Waals surface area contributed by atoms with Gasteiger partial charge in [-0.1, -0.05) is 13.8 Å². The highest BCUT2D eigenvalue weighted by Gasteiger charge is 2.18. The zero-order valence-electron chi connectivity index (χ0n) is 13.2. The average Bonchev–Trinajstić information content (AvgIpc) is 2.89. The Bertz CT molecular complexity index is 242. The number of rotatable bonds is 11. The lowest BCUT2D eigenvalue weighted by atomic mass is 9.90. The third-order valence-corrected chi connectivity index (χ3v) is 3.60. The summed E-state index contributed by atoms with van der Waals surface area (Å²) in [7, 11) is 1.72. The molecular formula is C15H31NO4. The van der Waals surface area contributed by atoms with Gasteiger partial charge in [-0.25, -0.2) is 0 Å². The summed E-state index contributed by atoms with van der Waals surface area (Å²) >= 11 is 0. The van der Waals surface area contributed by atoms with Gasteiger partial charge in [0.1, 0.15) is 0 Å². The molecule has 2 atom stereocenters. The predicted octanol–water partition coefficient (Wildman–Crippen LogP) is 1.20. The summed E-state index contributed by atoms with van der Waals surface area (Å²) in [5.74, 6) is 0. The van der Waals surface area contributed by atoms with E-state index in [-0.39, 0.29) is 11.5 Å². The third kappa shape index (κ3) is 8.17. The fraction of sp³-hybridized carbons (Fsp3) is 1.00. The molecule has 2 unspecified atom stereocenters. The van der Waals surface area contributed by atoms with Crippen LogP contribution in [0.1, 0.15) is 33.1 Å². The zero-order chi connectivity index (χ0) is 14.8. The second-order valence-corrected chi connectivity index (χ2v) is 6.36. The van der Waals surface area contributed by atoms with E-state index in [1.54, 1.807) is 7.11 Å². The van der Waals surface area contributed by atoms with Gasteiger partial charge < -0.3 is 24.6 Å². The van der Waals surface area contributed by atoms with E-state index < -0.39 is 6.10 Å². The molecule has 0 amide bonds. The van der Waals surface area contributed by atoms with Crippen molar-refractivity contribution in [2.75, 3.05) is 46.6 Å². The molecule has 0 aliphatic carbocycles. The lowest BCUT2D eigenvalue weighted by Gasteiger charge is -2.25. The van der Waals surface area contributed by atoms with Gasteiger partial charge in [-0.15, -0.1) is 0 Å². The summed E-state index contributed by atoms with van der Waals surface area (Å²) in [6, 6.07) is 0. The Kier molecular flexibility index (Phi) is 8.64. The summed E-state index contributed by atoms with van der Waals surface area (Å²) in [5, 5.41) is 13.1. The normalized spacial score (nSPS) is 21.3. The van der Waals surface area contributed by atoms with Gasteiger partial charge in [-0.2, -0.15) is 0 Å². The van der Waals surface area contributed by atoms with Gasteiger partial charge in [0.15, 0.2) is 0 Å². The molecule has 0 radical (unpaired) electrons. The Morgan fingerprint density at radius 3 is 2.90 bits per heavy atom. The van der Waals surface area contributed by atoms with Crippen LogP contribution >= 0.6 is 0 Å². The molecule has 1 heterocycles.